The topological polar surface area (TPSA) is 66.9 Å². The van der Waals surface area contributed by atoms with E-state index in [1.165, 1.54) is 4.31 Å². The number of amides is 1. The molecular formula is C17H26N2O4S. The summed E-state index contributed by atoms with van der Waals surface area (Å²) in [4.78, 5) is 14.2. The van der Waals surface area contributed by atoms with Crippen LogP contribution in [0, 0.1) is 6.92 Å². The number of carbonyl (C=O) groups is 1. The third-order valence-corrected chi connectivity index (χ3v) is 6.41. The molecule has 0 spiro atoms. The first kappa shape index (κ1) is 18.7. The van der Waals surface area contributed by atoms with E-state index in [0.29, 0.717) is 30.8 Å². The van der Waals surface area contributed by atoms with E-state index < -0.39 is 10.0 Å². The van der Waals surface area contributed by atoms with Crippen LogP contribution in [0.4, 0.5) is 0 Å². The molecule has 1 aliphatic rings. The molecule has 1 amide bonds. The molecule has 6 nitrogen and oxygen atoms in total. The maximum atomic E-state index is 13.0. The van der Waals surface area contributed by atoms with Crippen LogP contribution in [-0.4, -0.2) is 56.3 Å². The molecule has 0 N–H and O–H groups in total. The molecule has 2 rings (SSSR count). The van der Waals surface area contributed by atoms with Crippen molar-refractivity contribution in [2.45, 2.75) is 45.1 Å². The number of aryl methyl sites for hydroxylation is 2. The van der Waals surface area contributed by atoms with Gasteiger partial charge in [-0.05, 0) is 50.5 Å². The first-order chi connectivity index (χ1) is 11.2. The van der Waals surface area contributed by atoms with Gasteiger partial charge in [0.05, 0.1) is 18.6 Å². The summed E-state index contributed by atoms with van der Waals surface area (Å²) < 4.78 is 32.6. The van der Waals surface area contributed by atoms with Crippen LogP contribution >= 0.6 is 0 Å². The van der Waals surface area contributed by atoms with Crippen molar-refractivity contribution in [2.24, 2.45) is 0 Å². The Morgan fingerprint density at radius 2 is 1.92 bits per heavy atom. The van der Waals surface area contributed by atoms with Crippen LogP contribution in [0.2, 0.25) is 0 Å². The summed E-state index contributed by atoms with van der Waals surface area (Å²) in [5.41, 5.74) is 1.47. The highest BCUT2D eigenvalue weighted by Gasteiger charge is 2.34. The number of hydrogen-bond acceptors (Lipinski definition) is 4. The van der Waals surface area contributed by atoms with Crippen molar-refractivity contribution in [3.8, 4) is 5.75 Å². The van der Waals surface area contributed by atoms with Crippen LogP contribution < -0.4 is 4.74 Å². The number of rotatable bonds is 5. The molecule has 1 saturated heterocycles. The SMILES string of the molecule is CCc1cc(S(=O)(=O)N2CCN(C(C)C)C(=O)C2)c(C)cc1OC. The van der Waals surface area contributed by atoms with E-state index in [4.69, 9.17) is 4.74 Å². The van der Waals surface area contributed by atoms with Gasteiger partial charge in [0, 0.05) is 19.1 Å². The van der Waals surface area contributed by atoms with Crippen LogP contribution in [-0.2, 0) is 21.2 Å². The number of ether oxygens (including phenoxy) is 1. The number of nitrogens with zero attached hydrogens (tertiary/aromatic N) is 2. The lowest BCUT2D eigenvalue weighted by Gasteiger charge is -2.36. The van der Waals surface area contributed by atoms with Gasteiger partial charge in [-0.2, -0.15) is 4.31 Å². The zero-order valence-electron chi connectivity index (χ0n) is 15.0. The van der Waals surface area contributed by atoms with E-state index in [9.17, 15) is 13.2 Å². The summed E-state index contributed by atoms with van der Waals surface area (Å²) in [6.07, 6.45) is 0.673. The van der Waals surface area contributed by atoms with E-state index in [1.54, 1.807) is 31.1 Å². The fraction of sp³-hybridized carbons (Fsp3) is 0.588. The highest BCUT2D eigenvalue weighted by Crippen LogP contribution is 2.29. The predicted octanol–water partition coefficient (Wildman–Crippen LogP) is 1.81. The molecule has 24 heavy (non-hydrogen) atoms. The normalized spacial score (nSPS) is 16.8. The molecule has 1 aliphatic heterocycles. The van der Waals surface area contributed by atoms with E-state index in [-0.39, 0.29) is 23.4 Å². The van der Waals surface area contributed by atoms with Gasteiger partial charge in [0.15, 0.2) is 0 Å². The molecule has 1 aromatic rings. The van der Waals surface area contributed by atoms with Crippen molar-refractivity contribution in [1.82, 2.24) is 9.21 Å². The molecule has 1 heterocycles. The third kappa shape index (κ3) is 3.42. The molecule has 0 aliphatic carbocycles. The Kier molecular flexibility index (Phi) is 5.55. The van der Waals surface area contributed by atoms with E-state index in [1.807, 2.05) is 20.8 Å². The highest BCUT2D eigenvalue weighted by atomic mass is 32.2. The first-order valence-electron chi connectivity index (χ1n) is 8.19. The summed E-state index contributed by atoms with van der Waals surface area (Å²) in [5.74, 6) is 0.538. The minimum Gasteiger partial charge on any atom is -0.496 e. The van der Waals surface area contributed by atoms with Crippen molar-refractivity contribution in [3.63, 3.8) is 0 Å². The van der Waals surface area contributed by atoms with Gasteiger partial charge in [-0.25, -0.2) is 8.42 Å². The second-order valence-corrected chi connectivity index (χ2v) is 8.21. The van der Waals surface area contributed by atoms with Gasteiger partial charge in [-0.15, -0.1) is 0 Å². The lowest BCUT2D eigenvalue weighted by molar-refractivity contribution is -0.135. The maximum Gasteiger partial charge on any atom is 0.243 e. The Hall–Kier alpha value is -1.60. The number of sulfonamides is 1. The molecule has 1 fully saturated rings. The van der Waals surface area contributed by atoms with Gasteiger partial charge in [-0.3, -0.25) is 4.79 Å². The molecule has 7 heteroatoms. The minimum absolute atomic E-state index is 0.0803. The Bertz CT molecular complexity index is 728. The van der Waals surface area contributed by atoms with Crippen LogP contribution in [0.15, 0.2) is 17.0 Å². The Morgan fingerprint density at radius 3 is 2.42 bits per heavy atom. The molecule has 0 saturated carbocycles. The van der Waals surface area contributed by atoms with Gasteiger partial charge < -0.3 is 9.64 Å². The predicted molar refractivity (Wildman–Crippen MR) is 92.7 cm³/mol. The summed E-state index contributed by atoms with van der Waals surface area (Å²) in [5, 5.41) is 0. The molecular weight excluding hydrogens is 328 g/mol. The van der Waals surface area contributed by atoms with Crippen LogP contribution in [0.5, 0.6) is 5.75 Å². The number of benzene rings is 1. The summed E-state index contributed by atoms with van der Waals surface area (Å²) >= 11 is 0. The maximum absolute atomic E-state index is 13.0. The second kappa shape index (κ2) is 7.11. The van der Waals surface area contributed by atoms with Crippen LogP contribution in [0.25, 0.3) is 0 Å². The van der Waals surface area contributed by atoms with Crippen LogP contribution in [0.3, 0.4) is 0 Å². The second-order valence-electron chi connectivity index (χ2n) is 6.30. The largest absolute Gasteiger partial charge is 0.496 e. The third-order valence-electron chi connectivity index (χ3n) is 4.42. The van der Waals surface area contributed by atoms with Crippen molar-refractivity contribution in [1.29, 1.82) is 0 Å². The fourth-order valence-corrected chi connectivity index (χ4v) is 4.64. The Balaban J connectivity index is 2.36. The summed E-state index contributed by atoms with van der Waals surface area (Å²) in [6, 6.07) is 3.50. The van der Waals surface area contributed by atoms with Gasteiger partial charge in [0.2, 0.25) is 15.9 Å². The molecule has 0 aromatic heterocycles. The van der Waals surface area contributed by atoms with Crippen molar-refractivity contribution >= 4 is 15.9 Å². The van der Waals surface area contributed by atoms with Crippen molar-refractivity contribution in [3.05, 3.63) is 23.3 Å². The van der Waals surface area contributed by atoms with Gasteiger partial charge >= 0.3 is 0 Å². The zero-order chi connectivity index (χ0) is 18.1. The molecule has 0 radical (unpaired) electrons. The summed E-state index contributed by atoms with van der Waals surface area (Å²) in [7, 11) is -2.13. The van der Waals surface area contributed by atoms with Gasteiger partial charge in [0.25, 0.3) is 0 Å². The van der Waals surface area contributed by atoms with E-state index >= 15 is 0 Å². The molecule has 1 aromatic carbocycles. The van der Waals surface area contributed by atoms with Gasteiger partial charge in [-0.1, -0.05) is 6.92 Å². The fourth-order valence-electron chi connectivity index (χ4n) is 3.00. The molecule has 134 valence electrons. The number of carbonyl (C=O) groups excluding carboxylic acids is 1. The first-order valence-corrected chi connectivity index (χ1v) is 9.63. The smallest absolute Gasteiger partial charge is 0.243 e. The van der Waals surface area contributed by atoms with Gasteiger partial charge in [0.1, 0.15) is 5.75 Å². The monoisotopic (exact) mass is 354 g/mol. The average molecular weight is 354 g/mol. The Morgan fingerprint density at radius 1 is 1.25 bits per heavy atom. The zero-order valence-corrected chi connectivity index (χ0v) is 15.8. The lowest BCUT2D eigenvalue weighted by atomic mass is 10.1. The molecule has 0 atom stereocenters. The standard InChI is InChI=1S/C17H26N2O4S/c1-6-14-10-16(13(4)9-15(14)23-5)24(21,22)18-7-8-19(12(2)3)17(20)11-18/h9-10,12H,6-8,11H2,1-5H3. The number of piperazine rings is 1. The molecule has 0 bridgehead atoms. The van der Waals surface area contributed by atoms with E-state index in [2.05, 4.69) is 0 Å². The molecule has 0 unspecified atom stereocenters. The van der Waals surface area contributed by atoms with E-state index in [0.717, 1.165) is 5.56 Å². The average Bonchev–Trinajstić information content (AvgIpc) is 2.53. The Labute approximate surface area is 144 Å². The minimum atomic E-state index is -3.70. The van der Waals surface area contributed by atoms with Crippen molar-refractivity contribution in [2.75, 3.05) is 26.7 Å². The lowest BCUT2D eigenvalue weighted by Crippen LogP contribution is -2.54. The number of methoxy groups -OCH3 is 1. The number of hydrogen-bond donors (Lipinski definition) is 0. The summed E-state index contributed by atoms with van der Waals surface area (Å²) in [6.45, 7) is 8.21. The quantitative estimate of drug-likeness (QED) is 0.809. The van der Waals surface area contributed by atoms with Crippen LogP contribution in [0.1, 0.15) is 31.9 Å². The highest BCUT2D eigenvalue weighted by molar-refractivity contribution is 7.89. The van der Waals surface area contributed by atoms with Crippen molar-refractivity contribution < 1.29 is 17.9 Å².